The lowest BCUT2D eigenvalue weighted by atomic mass is 10.1. The summed E-state index contributed by atoms with van der Waals surface area (Å²) in [5.74, 6) is -2.09. The zero-order valence-electron chi connectivity index (χ0n) is 13.1. The Morgan fingerprint density at radius 1 is 1.04 bits per heavy atom. The topological polar surface area (TPSA) is 42.0 Å². The first-order valence-corrected chi connectivity index (χ1v) is 8.11. The predicted octanol–water partition coefficient (Wildman–Crippen LogP) is 4.96. The number of nitrogens with one attached hydrogen (secondary N) is 1. The van der Waals surface area contributed by atoms with E-state index < -0.39 is 11.6 Å². The number of carbonyl (C=O) groups excluding carboxylic acids is 1. The summed E-state index contributed by atoms with van der Waals surface area (Å²) in [5, 5.41) is 4.82. The number of anilines is 1. The van der Waals surface area contributed by atoms with Gasteiger partial charge in [0.15, 0.2) is 16.8 Å². The van der Waals surface area contributed by atoms with Crippen molar-refractivity contribution in [1.29, 1.82) is 0 Å². The molecule has 1 amide bonds. The van der Waals surface area contributed by atoms with Gasteiger partial charge in [-0.15, -0.1) is 11.3 Å². The van der Waals surface area contributed by atoms with Crippen molar-refractivity contribution >= 4 is 22.4 Å². The number of amides is 1. The maximum absolute atomic E-state index is 13.3. The zero-order valence-corrected chi connectivity index (χ0v) is 13.9. The fraction of sp³-hybridized carbons (Fsp3) is 0.111. The van der Waals surface area contributed by atoms with Gasteiger partial charge in [-0.3, -0.25) is 10.1 Å². The van der Waals surface area contributed by atoms with E-state index in [0.717, 1.165) is 23.3 Å². The molecule has 0 saturated carbocycles. The van der Waals surface area contributed by atoms with Crippen LogP contribution in [0.4, 0.5) is 13.9 Å². The summed E-state index contributed by atoms with van der Waals surface area (Å²) in [6, 6.07) is 9.17. The second-order valence-corrected chi connectivity index (χ2v) is 6.36. The number of nitrogens with zero attached hydrogens (tertiary/aromatic N) is 1. The van der Waals surface area contributed by atoms with Gasteiger partial charge in [-0.2, -0.15) is 0 Å². The Hall–Kier alpha value is -2.60. The average molecular weight is 344 g/mol. The Bertz CT molecular complexity index is 901. The summed E-state index contributed by atoms with van der Waals surface area (Å²) in [5.41, 5.74) is 3.49. The first-order chi connectivity index (χ1) is 11.4. The van der Waals surface area contributed by atoms with Gasteiger partial charge in [-0.05, 0) is 44.2 Å². The number of hydrogen-bond donors (Lipinski definition) is 1. The molecule has 122 valence electrons. The van der Waals surface area contributed by atoms with Gasteiger partial charge in [0.25, 0.3) is 5.91 Å². The number of halogens is 2. The van der Waals surface area contributed by atoms with E-state index >= 15 is 0 Å². The molecule has 0 atom stereocenters. The summed E-state index contributed by atoms with van der Waals surface area (Å²) >= 11 is 1.23. The molecule has 1 heterocycles. The molecule has 3 rings (SSSR count). The molecule has 0 unspecified atom stereocenters. The average Bonchev–Trinajstić information content (AvgIpc) is 2.97. The van der Waals surface area contributed by atoms with Gasteiger partial charge in [-0.1, -0.05) is 17.2 Å². The lowest BCUT2D eigenvalue weighted by Crippen LogP contribution is -2.12. The van der Waals surface area contributed by atoms with Crippen LogP contribution in [0.5, 0.6) is 0 Å². The van der Waals surface area contributed by atoms with E-state index in [9.17, 15) is 13.6 Å². The van der Waals surface area contributed by atoms with E-state index in [1.54, 1.807) is 17.5 Å². The largest absolute Gasteiger partial charge is 0.298 e. The highest BCUT2D eigenvalue weighted by Crippen LogP contribution is 2.26. The first-order valence-electron chi connectivity index (χ1n) is 7.23. The van der Waals surface area contributed by atoms with Gasteiger partial charge < -0.3 is 0 Å². The van der Waals surface area contributed by atoms with E-state index in [1.165, 1.54) is 17.4 Å². The van der Waals surface area contributed by atoms with Crippen LogP contribution in [0.3, 0.4) is 0 Å². The highest BCUT2D eigenvalue weighted by Gasteiger charge is 2.12. The van der Waals surface area contributed by atoms with Crippen molar-refractivity contribution in [3.63, 3.8) is 0 Å². The summed E-state index contributed by atoms with van der Waals surface area (Å²) in [6.45, 7) is 3.85. The number of carbonyl (C=O) groups is 1. The van der Waals surface area contributed by atoms with Crippen molar-refractivity contribution in [2.24, 2.45) is 0 Å². The quantitative estimate of drug-likeness (QED) is 0.730. The van der Waals surface area contributed by atoms with Crippen molar-refractivity contribution in [3.8, 4) is 11.3 Å². The van der Waals surface area contributed by atoms with Crippen molar-refractivity contribution in [1.82, 2.24) is 4.98 Å². The molecule has 1 aromatic heterocycles. The van der Waals surface area contributed by atoms with Crippen LogP contribution in [-0.4, -0.2) is 10.9 Å². The van der Waals surface area contributed by atoms with Crippen LogP contribution in [0.2, 0.25) is 0 Å². The molecule has 0 bridgehead atoms. The SMILES string of the molecule is Cc1cc(C)cc(C(=O)Nc2nc(-c3ccc(F)c(F)c3)cs2)c1. The van der Waals surface area contributed by atoms with Crippen LogP contribution in [0, 0.1) is 25.5 Å². The molecular formula is C18H14F2N2OS. The second-order valence-electron chi connectivity index (χ2n) is 5.50. The Balaban J connectivity index is 1.80. The Morgan fingerprint density at radius 2 is 1.75 bits per heavy atom. The summed E-state index contributed by atoms with van der Waals surface area (Å²) in [4.78, 5) is 16.6. The van der Waals surface area contributed by atoms with E-state index in [0.29, 0.717) is 22.0 Å². The van der Waals surface area contributed by atoms with Crippen LogP contribution in [0.15, 0.2) is 41.8 Å². The van der Waals surface area contributed by atoms with E-state index in [-0.39, 0.29) is 5.91 Å². The van der Waals surface area contributed by atoms with Gasteiger partial charge in [0.1, 0.15) is 0 Å². The number of thiazole rings is 1. The molecule has 0 spiro atoms. The van der Waals surface area contributed by atoms with Crippen LogP contribution in [-0.2, 0) is 0 Å². The third-order valence-corrected chi connectivity index (χ3v) is 4.18. The monoisotopic (exact) mass is 344 g/mol. The second kappa shape index (κ2) is 6.49. The maximum Gasteiger partial charge on any atom is 0.257 e. The minimum Gasteiger partial charge on any atom is -0.298 e. The molecule has 0 fully saturated rings. The van der Waals surface area contributed by atoms with Gasteiger partial charge in [0.2, 0.25) is 0 Å². The molecule has 2 aromatic carbocycles. The normalized spacial score (nSPS) is 10.7. The Labute approximate surface area is 142 Å². The third kappa shape index (κ3) is 3.49. The summed E-state index contributed by atoms with van der Waals surface area (Å²) in [6.07, 6.45) is 0. The van der Waals surface area contributed by atoms with Crippen molar-refractivity contribution in [2.75, 3.05) is 5.32 Å². The molecule has 0 aliphatic carbocycles. The molecule has 6 heteroatoms. The van der Waals surface area contributed by atoms with Crippen LogP contribution >= 0.6 is 11.3 Å². The molecule has 0 saturated heterocycles. The van der Waals surface area contributed by atoms with Crippen LogP contribution in [0.25, 0.3) is 11.3 Å². The first kappa shape index (κ1) is 16.3. The predicted molar refractivity (Wildman–Crippen MR) is 91.3 cm³/mol. The minimum atomic E-state index is -0.929. The Kier molecular flexibility index (Phi) is 4.40. The number of rotatable bonds is 3. The lowest BCUT2D eigenvalue weighted by molar-refractivity contribution is 0.102. The fourth-order valence-electron chi connectivity index (χ4n) is 2.39. The fourth-order valence-corrected chi connectivity index (χ4v) is 3.11. The van der Waals surface area contributed by atoms with Gasteiger partial charge in [0, 0.05) is 16.5 Å². The van der Waals surface area contributed by atoms with Gasteiger partial charge in [0.05, 0.1) is 5.69 Å². The summed E-state index contributed by atoms with van der Waals surface area (Å²) in [7, 11) is 0. The molecule has 3 nitrogen and oxygen atoms in total. The van der Waals surface area contributed by atoms with E-state index in [2.05, 4.69) is 10.3 Å². The zero-order chi connectivity index (χ0) is 17.3. The van der Waals surface area contributed by atoms with E-state index in [1.807, 2.05) is 19.9 Å². The van der Waals surface area contributed by atoms with Gasteiger partial charge in [-0.25, -0.2) is 13.8 Å². The Morgan fingerprint density at radius 3 is 2.42 bits per heavy atom. The maximum atomic E-state index is 13.3. The molecule has 0 radical (unpaired) electrons. The highest BCUT2D eigenvalue weighted by atomic mass is 32.1. The standard InChI is InChI=1S/C18H14F2N2OS/c1-10-5-11(2)7-13(6-10)17(23)22-18-21-16(9-24-18)12-3-4-14(19)15(20)8-12/h3-9H,1-2H3,(H,21,22,23). The van der Waals surface area contributed by atoms with Crippen molar-refractivity contribution < 1.29 is 13.6 Å². The third-order valence-electron chi connectivity index (χ3n) is 3.42. The summed E-state index contributed by atoms with van der Waals surface area (Å²) < 4.78 is 26.3. The van der Waals surface area contributed by atoms with Crippen LogP contribution in [0.1, 0.15) is 21.5 Å². The minimum absolute atomic E-state index is 0.256. The number of aromatic nitrogens is 1. The molecule has 0 aliphatic heterocycles. The van der Waals surface area contributed by atoms with Crippen molar-refractivity contribution in [2.45, 2.75) is 13.8 Å². The molecule has 24 heavy (non-hydrogen) atoms. The molecule has 1 N–H and O–H groups in total. The molecule has 0 aliphatic rings. The van der Waals surface area contributed by atoms with E-state index in [4.69, 9.17) is 0 Å². The van der Waals surface area contributed by atoms with Crippen molar-refractivity contribution in [3.05, 3.63) is 70.1 Å². The highest BCUT2D eigenvalue weighted by molar-refractivity contribution is 7.14. The van der Waals surface area contributed by atoms with Gasteiger partial charge >= 0.3 is 0 Å². The smallest absolute Gasteiger partial charge is 0.257 e. The number of aryl methyl sites for hydroxylation is 2. The molecular weight excluding hydrogens is 330 g/mol. The molecule has 3 aromatic rings. The number of hydrogen-bond acceptors (Lipinski definition) is 3. The number of benzene rings is 2. The van der Waals surface area contributed by atoms with Crippen LogP contribution < -0.4 is 5.32 Å². The lowest BCUT2D eigenvalue weighted by Gasteiger charge is -2.04.